The molecule has 0 aromatic heterocycles. The third-order valence-corrected chi connectivity index (χ3v) is 5.10. The molecule has 1 aliphatic heterocycles. The van der Waals surface area contributed by atoms with Gasteiger partial charge in [-0.2, -0.15) is 0 Å². The minimum atomic E-state index is 0.233. The number of nitrogens with zero attached hydrogens (tertiary/aromatic N) is 1. The topological polar surface area (TPSA) is 41.3 Å². The normalized spacial score (nSPS) is 24.6. The van der Waals surface area contributed by atoms with Crippen LogP contribution in [0.3, 0.4) is 0 Å². The molecule has 0 unspecified atom stereocenters. The highest BCUT2D eigenvalue weighted by Gasteiger charge is 2.33. The summed E-state index contributed by atoms with van der Waals surface area (Å²) in [6.45, 7) is 10.3. The van der Waals surface area contributed by atoms with E-state index in [1.807, 2.05) is 0 Å². The van der Waals surface area contributed by atoms with Gasteiger partial charge in [-0.1, -0.05) is 33.1 Å². The van der Waals surface area contributed by atoms with Crippen molar-refractivity contribution in [3.63, 3.8) is 0 Å². The van der Waals surface area contributed by atoms with Crippen molar-refractivity contribution in [2.24, 2.45) is 17.6 Å². The molecule has 2 aliphatic rings. The Labute approximate surface area is 119 Å². The minimum Gasteiger partial charge on any atom is -0.329 e. The van der Waals surface area contributed by atoms with Crippen LogP contribution < -0.4 is 11.1 Å². The summed E-state index contributed by atoms with van der Waals surface area (Å²) in [4.78, 5) is 2.60. The van der Waals surface area contributed by atoms with Crippen LogP contribution in [0, 0.1) is 11.8 Å². The van der Waals surface area contributed by atoms with Gasteiger partial charge in [-0.05, 0) is 50.7 Å². The number of hydrogen-bond acceptors (Lipinski definition) is 3. The summed E-state index contributed by atoms with van der Waals surface area (Å²) in [6.07, 6.45) is 8.18. The zero-order chi connectivity index (χ0) is 13.7. The van der Waals surface area contributed by atoms with Crippen LogP contribution in [0.15, 0.2) is 0 Å². The van der Waals surface area contributed by atoms with E-state index in [9.17, 15) is 0 Å². The van der Waals surface area contributed by atoms with Gasteiger partial charge in [0.15, 0.2) is 0 Å². The van der Waals surface area contributed by atoms with Crippen LogP contribution in [0.2, 0.25) is 0 Å². The zero-order valence-corrected chi connectivity index (χ0v) is 13.0. The van der Waals surface area contributed by atoms with Crippen LogP contribution >= 0.6 is 0 Å². The average molecular weight is 267 g/mol. The van der Waals surface area contributed by atoms with Crippen molar-refractivity contribution in [1.29, 1.82) is 0 Å². The summed E-state index contributed by atoms with van der Waals surface area (Å²) in [5.41, 5.74) is 6.30. The van der Waals surface area contributed by atoms with E-state index in [0.717, 1.165) is 18.4 Å². The maximum atomic E-state index is 6.07. The van der Waals surface area contributed by atoms with Crippen LogP contribution in [-0.4, -0.2) is 43.2 Å². The quantitative estimate of drug-likeness (QED) is 0.743. The summed E-state index contributed by atoms with van der Waals surface area (Å²) in [5.74, 6) is 1.78. The predicted octanol–water partition coefficient (Wildman–Crippen LogP) is 2.22. The smallest absolute Gasteiger partial charge is 0.0328 e. The Hall–Kier alpha value is -0.120. The second-order valence-electron chi connectivity index (χ2n) is 7.19. The van der Waals surface area contributed by atoms with Crippen LogP contribution in [0.25, 0.3) is 0 Å². The van der Waals surface area contributed by atoms with E-state index in [0.29, 0.717) is 0 Å². The lowest BCUT2D eigenvalue weighted by molar-refractivity contribution is 0.125. The molecule has 0 amide bonds. The van der Waals surface area contributed by atoms with E-state index in [1.54, 1.807) is 0 Å². The van der Waals surface area contributed by atoms with Gasteiger partial charge in [0, 0.05) is 18.6 Å². The van der Waals surface area contributed by atoms with E-state index in [4.69, 9.17) is 5.73 Å². The van der Waals surface area contributed by atoms with Gasteiger partial charge in [0.25, 0.3) is 0 Å². The zero-order valence-electron chi connectivity index (χ0n) is 13.0. The molecule has 112 valence electrons. The molecular formula is C16H33N3. The molecule has 0 atom stereocenters. The lowest BCUT2D eigenvalue weighted by Crippen LogP contribution is -2.58. The lowest BCUT2D eigenvalue weighted by Gasteiger charge is -2.43. The number of rotatable bonds is 7. The number of likely N-dealkylation sites (tertiary alicyclic amines) is 1. The first-order valence-electron chi connectivity index (χ1n) is 8.31. The Morgan fingerprint density at radius 1 is 1.26 bits per heavy atom. The van der Waals surface area contributed by atoms with Crippen molar-refractivity contribution >= 4 is 0 Å². The third-order valence-electron chi connectivity index (χ3n) is 5.10. The largest absolute Gasteiger partial charge is 0.329 e. The molecule has 1 saturated carbocycles. The number of nitrogens with two attached hydrogens (primary N) is 1. The minimum absolute atomic E-state index is 0.233. The van der Waals surface area contributed by atoms with Crippen molar-refractivity contribution in [3.05, 3.63) is 0 Å². The molecule has 3 heteroatoms. The van der Waals surface area contributed by atoms with E-state index in [1.165, 1.54) is 64.7 Å². The molecule has 1 heterocycles. The average Bonchev–Trinajstić information content (AvgIpc) is 2.34. The molecule has 19 heavy (non-hydrogen) atoms. The van der Waals surface area contributed by atoms with Gasteiger partial charge in [-0.3, -0.25) is 0 Å². The first kappa shape index (κ1) is 15.3. The van der Waals surface area contributed by atoms with Crippen LogP contribution in [0.5, 0.6) is 0 Å². The summed E-state index contributed by atoms with van der Waals surface area (Å²) < 4.78 is 0. The molecule has 0 bridgehead atoms. The van der Waals surface area contributed by atoms with Gasteiger partial charge in [-0.25, -0.2) is 0 Å². The summed E-state index contributed by atoms with van der Waals surface area (Å²) in [6, 6.07) is 0. The van der Waals surface area contributed by atoms with Gasteiger partial charge < -0.3 is 16.0 Å². The highest BCUT2D eigenvalue weighted by Crippen LogP contribution is 2.29. The first-order chi connectivity index (χ1) is 9.13. The molecule has 2 fully saturated rings. The van der Waals surface area contributed by atoms with Gasteiger partial charge >= 0.3 is 0 Å². The Kier molecular flexibility index (Phi) is 5.67. The number of piperidine rings is 1. The summed E-state index contributed by atoms with van der Waals surface area (Å²) in [7, 11) is 0. The predicted molar refractivity (Wildman–Crippen MR) is 82.3 cm³/mol. The van der Waals surface area contributed by atoms with E-state index < -0.39 is 0 Å². The van der Waals surface area contributed by atoms with Gasteiger partial charge in [0.1, 0.15) is 0 Å². The van der Waals surface area contributed by atoms with E-state index >= 15 is 0 Å². The maximum absolute atomic E-state index is 6.07. The molecule has 3 nitrogen and oxygen atoms in total. The van der Waals surface area contributed by atoms with Crippen molar-refractivity contribution < 1.29 is 0 Å². The Morgan fingerprint density at radius 3 is 2.42 bits per heavy atom. The Bertz CT molecular complexity index is 253. The molecule has 3 N–H and O–H groups in total. The Morgan fingerprint density at radius 2 is 1.95 bits per heavy atom. The number of hydrogen-bond donors (Lipinski definition) is 2. The molecule has 0 aromatic carbocycles. The second kappa shape index (κ2) is 7.05. The second-order valence-corrected chi connectivity index (χ2v) is 7.19. The lowest BCUT2D eigenvalue weighted by atomic mass is 9.82. The van der Waals surface area contributed by atoms with Crippen LogP contribution in [0.1, 0.15) is 52.4 Å². The molecule has 2 rings (SSSR count). The maximum Gasteiger partial charge on any atom is 0.0328 e. The van der Waals surface area contributed by atoms with Crippen molar-refractivity contribution in [3.8, 4) is 0 Å². The van der Waals surface area contributed by atoms with Gasteiger partial charge in [-0.15, -0.1) is 0 Å². The molecule has 1 aliphatic carbocycles. The molecular weight excluding hydrogens is 234 g/mol. The Balaban J connectivity index is 1.70. The fraction of sp³-hybridized carbons (Fsp3) is 1.00. The van der Waals surface area contributed by atoms with Crippen LogP contribution in [0.4, 0.5) is 0 Å². The molecule has 0 spiro atoms. The SMILES string of the molecule is CC(C)CN1CCC(CN)(NCCC2CCC2)CC1. The highest BCUT2D eigenvalue weighted by atomic mass is 15.2. The van der Waals surface area contributed by atoms with Crippen molar-refractivity contribution in [2.75, 3.05) is 32.7 Å². The summed E-state index contributed by atoms with van der Waals surface area (Å²) >= 11 is 0. The molecule has 0 aromatic rings. The van der Waals surface area contributed by atoms with Crippen molar-refractivity contribution in [1.82, 2.24) is 10.2 Å². The van der Waals surface area contributed by atoms with Gasteiger partial charge in [0.05, 0.1) is 0 Å². The molecule has 1 saturated heterocycles. The molecule has 0 radical (unpaired) electrons. The van der Waals surface area contributed by atoms with Crippen molar-refractivity contribution in [2.45, 2.75) is 57.9 Å². The standard InChI is InChI=1S/C16H33N3/c1-14(2)12-19-10-7-16(13-17,8-11-19)18-9-6-15-4-3-5-15/h14-15,18H,3-13,17H2,1-2H3. The van der Waals surface area contributed by atoms with Crippen LogP contribution in [-0.2, 0) is 0 Å². The fourth-order valence-electron chi connectivity index (χ4n) is 3.46. The van der Waals surface area contributed by atoms with Gasteiger partial charge in [0.2, 0.25) is 0 Å². The fourth-order valence-corrected chi connectivity index (χ4v) is 3.46. The van der Waals surface area contributed by atoms with E-state index in [2.05, 4.69) is 24.1 Å². The summed E-state index contributed by atoms with van der Waals surface area (Å²) in [5, 5.41) is 3.81. The monoisotopic (exact) mass is 267 g/mol. The van der Waals surface area contributed by atoms with E-state index in [-0.39, 0.29) is 5.54 Å². The first-order valence-corrected chi connectivity index (χ1v) is 8.31. The number of nitrogens with one attached hydrogen (secondary N) is 1. The highest BCUT2D eigenvalue weighted by molar-refractivity contribution is 4.94. The third kappa shape index (κ3) is 4.44.